The molecule has 4 aromatic carbocycles. The molecule has 2 heterocycles. The molecule has 6 rings (SSSR count). The Balaban J connectivity index is 0.000000295. The van der Waals surface area contributed by atoms with Crippen molar-refractivity contribution in [2.24, 2.45) is 10.8 Å². The molecule has 0 spiro atoms. The third-order valence-corrected chi connectivity index (χ3v) is 8.39. The Morgan fingerprint density at radius 3 is 2.00 bits per heavy atom. The summed E-state index contributed by atoms with van der Waals surface area (Å²) in [5.41, 5.74) is 9.45. The van der Waals surface area contributed by atoms with Crippen molar-refractivity contribution >= 4 is 38.5 Å². The Bertz CT molecular complexity index is 2050. The van der Waals surface area contributed by atoms with Crippen molar-refractivity contribution in [1.82, 2.24) is 9.55 Å². The molecule has 239 valence electrons. The molecular formula is C41H43IrN2O2-. The number of benzene rings is 4. The van der Waals surface area contributed by atoms with E-state index in [9.17, 15) is 9.90 Å². The Labute approximate surface area is 286 Å². The number of hydrogen-bond acceptors (Lipinski definition) is 3. The van der Waals surface area contributed by atoms with Gasteiger partial charge in [0, 0.05) is 70.1 Å². The van der Waals surface area contributed by atoms with Gasteiger partial charge in [0.25, 0.3) is 0 Å². The molecule has 0 unspecified atom stereocenters. The molecule has 1 N–H and O–H groups in total. The van der Waals surface area contributed by atoms with Crippen LogP contribution in [0.15, 0.2) is 96.8 Å². The molecule has 0 bridgehead atoms. The number of nitrogens with zero attached hydrogens (tertiary/aromatic N) is 2. The molecule has 1 radical (unpaired) electrons. The summed E-state index contributed by atoms with van der Waals surface area (Å²) in [4.78, 5) is 16.7. The number of pyridine rings is 1. The van der Waals surface area contributed by atoms with E-state index in [1.165, 1.54) is 44.4 Å². The number of fused-ring (bicyclic) bond motifs is 5. The number of ketones is 1. The first-order chi connectivity index (χ1) is 21.2. The standard InChI is InChI=1S/C30H23N2.C11H20O2.Ir/c1-19-17-22(18-20(2)21(19)3)29-30-28(24-13-7-9-15-26(24)31-29)25-14-8-10-16-27(25)32(30)23-11-5-4-6-12-23;1-10(2,3)8(12)7-9(13)11(4,5)6;/h4-17H,1-3H3;7,12H,1-6H3;/q-1;;/b;8-7-;. The van der Waals surface area contributed by atoms with Gasteiger partial charge in [0.15, 0.2) is 5.78 Å². The van der Waals surface area contributed by atoms with E-state index in [-0.39, 0.29) is 37.1 Å². The van der Waals surface area contributed by atoms with Gasteiger partial charge in [0.05, 0.1) is 11.0 Å². The van der Waals surface area contributed by atoms with Gasteiger partial charge in [-0.05, 0) is 24.3 Å². The van der Waals surface area contributed by atoms with Crippen LogP contribution in [0.4, 0.5) is 0 Å². The molecule has 0 aliphatic rings. The molecule has 0 atom stereocenters. The molecule has 0 amide bonds. The number of aromatic nitrogens is 2. The Hall–Kier alpha value is -4.05. The van der Waals surface area contributed by atoms with Crippen molar-refractivity contribution in [2.75, 3.05) is 0 Å². The van der Waals surface area contributed by atoms with Gasteiger partial charge in [-0.1, -0.05) is 117 Å². The zero-order valence-electron chi connectivity index (χ0n) is 28.2. The van der Waals surface area contributed by atoms with Gasteiger partial charge in [-0.15, -0.1) is 34.4 Å². The van der Waals surface area contributed by atoms with E-state index in [2.05, 4.69) is 116 Å². The second-order valence-electron chi connectivity index (χ2n) is 13.9. The minimum absolute atomic E-state index is 0. The van der Waals surface area contributed by atoms with E-state index in [1.807, 2.05) is 41.5 Å². The second-order valence-corrected chi connectivity index (χ2v) is 13.9. The van der Waals surface area contributed by atoms with Crippen molar-refractivity contribution in [3.63, 3.8) is 0 Å². The van der Waals surface area contributed by atoms with Crippen LogP contribution < -0.4 is 0 Å². The zero-order valence-corrected chi connectivity index (χ0v) is 30.6. The number of aliphatic hydroxyl groups excluding tert-OH is 1. The minimum atomic E-state index is -0.417. The number of hydrogen-bond donors (Lipinski definition) is 1. The molecule has 2 aromatic heterocycles. The molecule has 0 saturated heterocycles. The van der Waals surface area contributed by atoms with E-state index in [1.54, 1.807) is 0 Å². The van der Waals surface area contributed by atoms with Crippen LogP contribution in [0.25, 0.3) is 49.7 Å². The number of aryl methyl sites for hydroxylation is 2. The van der Waals surface area contributed by atoms with Crippen LogP contribution in [0.1, 0.15) is 58.2 Å². The zero-order chi connectivity index (χ0) is 32.7. The van der Waals surface area contributed by atoms with E-state index in [0.29, 0.717) is 0 Å². The number of para-hydroxylation sites is 3. The van der Waals surface area contributed by atoms with Gasteiger partial charge < -0.3 is 9.67 Å². The Kier molecular flexibility index (Phi) is 10.1. The third-order valence-electron chi connectivity index (χ3n) is 8.39. The second kappa shape index (κ2) is 13.4. The maximum atomic E-state index is 11.5. The minimum Gasteiger partial charge on any atom is -0.512 e. The summed E-state index contributed by atoms with van der Waals surface area (Å²) in [6, 6.07) is 33.6. The van der Waals surface area contributed by atoms with E-state index >= 15 is 0 Å². The van der Waals surface area contributed by atoms with Crippen molar-refractivity contribution in [3.05, 3.63) is 120 Å². The summed E-state index contributed by atoms with van der Waals surface area (Å²) in [6.45, 7) is 17.6. The first-order valence-electron chi connectivity index (χ1n) is 15.5. The molecule has 5 heteroatoms. The number of allylic oxidation sites excluding steroid dienone is 2. The number of aliphatic hydroxyl groups is 1. The number of carbonyl (C=O) groups is 1. The molecule has 0 aliphatic carbocycles. The molecule has 0 aliphatic heterocycles. The van der Waals surface area contributed by atoms with Crippen LogP contribution in [-0.2, 0) is 24.9 Å². The summed E-state index contributed by atoms with van der Waals surface area (Å²) in [7, 11) is 0. The molecule has 0 fully saturated rings. The number of rotatable bonds is 3. The van der Waals surface area contributed by atoms with Crippen LogP contribution in [-0.4, -0.2) is 20.4 Å². The van der Waals surface area contributed by atoms with Gasteiger partial charge >= 0.3 is 0 Å². The fourth-order valence-corrected chi connectivity index (χ4v) is 5.36. The van der Waals surface area contributed by atoms with Crippen molar-refractivity contribution < 1.29 is 30.0 Å². The Morgan fingerprint density at radius 2 is 1.39 bits per heavy atom. The van der Waals surface area contributed by atoms with Crippen molar-refractivity contribution in [1.29, 1.82) is 0 Å². The maximum Gasteiger partial charge on any atom is 0.164 e. The van der Waals surface area contributed by atoms with Crippen LogP contribution in [0.2, 0.25) is 0 Å². The van der Waals surface area contributed by atoms with Gasteiger partial charge in [0.1, 0.15) is 5.76 Å². The van der Waals surface area contributed by atoms with Crippen LogP contribution in [0.3, 0.4) is 0 Å². The fourth-order valence-electron chi connectivity index (χ4n) is 5.36. The summed E-state index contributed by atoms with van der Waals surface area (Å²) < 4.78 is 2.36. The van der Waals surface area contributed by atoms with Gasteiger partial charge in [0.2, 0.25) is 0 Å². The number of carbonyl (C=O) groups excluding carboxylic acids is 1. The van der Waals surface area contributed by atoms with Gasteiger partial charge in [-0.2, -0.15) is 0 Å². The SMILES string of the molecule is CC(C)(C)C(=O)/C=C(\O)C(C)(C)C.Cc1[c-]c(-c2nc3ccccc3c3c4ccccc4n(-c4ccccc4)c23)cc(C)c1C.[Ir]. The van der Waals surface area contributed by atoms with Crippen molar-refractivity contribution in [2.45, 2.75) is 62.3 Å². The first-order valence-corrected chi connectivity index (χ1v) is 15.5. The van der Waals surface area contributed by atoms with E-state index in [0.717, 1.165) is 28.0 Å². The monoisotopic (exact) mass is 788 g/mol. The predicted octanol–water partition coefficient (Wildman–Crippen LogP) is 10.8. The molecule has 46 heavy (non-hydrogen) atoms. The maximum absolute atomic E-state index is 11.5. The first kappa shape index (κ1) is 34.8. The normalized spacial score (nSPS) is 12.2. The summed E-state index contributed by atoms with van der Waals surface area (Å²) in [6.07, 6.45) is 1.33. The van der Waals surface area contributed by atoms with Crippen molar-refractivity contribution in [3.8, 4) is 16.9 Å². The van der Waals surface area contributed by atoms with Crippen LogP contribution in [0, 0.1) is 37.7 Å². The van der Waals surface area contributed by atoms with Crippen LogP contribution in [0.5, 0.6) is 0 Å². The third kappa shape index (κ3) is 6.87. The summed E-state index contributed by atoms with van der Waals surface area (Å²) in [5, 5.41) is 13.2. The smallest absolute Gasteiger partial charge is 0.164 e. The molecule has 0 saturated carbocycles. The summed E-state index contributed by atoms with van der Waals surface area (Å²) in [5.74, 6) is 0.104. The summed E-state index contributed by atoms with van der Waals surface area (Å²) >= 11 is 0. The quantitative estimate of drug-likeness (QED) is 0.110. The van der Waals surface area contributed by atoms with Gasteiger partial charge in [-0.25, -0.2) is 0 Å². The molecule has 4 nitrogen and oxygen atoms in total. The van der Waals surface area contributed by atoms with E-state index < -0.39 is 5.41 Å². The fraction of sp³-hybridized carbons (Fsp3) is 0.268. The predicted molar refractivity (Wildman–Crippen MR) is 189 cm³/mol. The van der Waals surface area contributed by atoms with Gasteiger partial charge in [-0.3, -0.25) is 9.78 Å². The van der Waals surface area contributed by atoms with E-state index in [4.69, 9.17) is 4.98 Å². The topological polar surface area (TPSA) is 55.1 Å². The largest absolute Gasteiger partial charge is 0.512 e. The van der Waals surface area contributed by atoms with Crippen LogP contribution >= 0.6 is 0 Å². The molecular weight excluding hydrogens is 745 g/mol. The Morgan fingerprint density at radius 1 is 0.804 bits per heavy atom. The average molecular weight is 788 g/mol. The average Bonchev–Trinajstić information content (AvgIpc) is 3.34. The molecule has 6 aromatic rings.